The highest BCUT2D eigenvalue weighted by atomic mass is 16.5. The number of hydrogen-bond donors (Lipinski definition) is 1. The molecule has 1 N–H and O–H groups in total. The number of aromatic amines is 1. The van der Waals surface area contributed by atoms with E-state index in [4.69, 9.17) is 9.72 Å². The SMILES string of the molecule is COc1ccc(CC(=O)N2CCCCC2c2nc3c(c(=O)[nH]2)CCN(C(C)=O)C3)cc1. The van der Waals surface area contributed by atoms with Gasteiger partial charge in [-0.05, 0) is 43.4 Å². The van der Waals surface area contributed by atoms with Crippen LogP contribution in [0.5, 0.6) is 5.75 Å². The van der Waals surface area contributed by atoms with Gasteiger partial charge in [0.15, 0.2) is 0 Å². The minimum absolute atomic E-state index is 0.0144. The number of piperidine rings is 1. The fourth-order valence-corrected chi connectivity index (χ4v) is 4.42. The van der Waals surface area contributed by atoms with Gasteiger partial charge in [-0.2, -0.15) is 0 Å². The third-order valence-electron chi connectivity index (χ3n) is 6.19. The minimum atomic E-state index is -0.259. The summed E-state index contributed by atoms with van der Waals surface area (Å²) in [5, 5.41) is 0. The Balaban J connectivity index is 1.57. The second-order valence-electron chi connectivity index (χ2n) is 8.19. The molecule has 2 aromatic rings. The van der Waals surface area contributed by atoms with Crippen LogP contribution in [0, 0.1) is 0 Å². The molecule has 0 saturated carbocycles. The van der Waals surface area contributed by atoms with Gasteiger partial charge in [-0.1, -0.05) is 12.1 Å². The van der Waals surface area contributed by atoms with Gasteiger partial charge >= 0.3 is 0 Å². The molecular weight excluding hydrogens is 396 g/mol. The minimum Gasteiger partial charge on any atom is -0.497 e. The maximum atomic E-state index is 13.1. The molecule has 2 aliphatic rings. The summed E-state index contributed by atoms with van der Waals surface area (Å²) >= 11 is 0. The second kappa shape index (κ2) is 8.91. The lowest BCUT2D eigenvalue weighted by molar-refractivity contribution is -0.134. The zero-order valence-corrected chi connectivity index (χ0v) is 18.0. The van der Waals surface area contributed by atoms with E-state index in [-0.39, 0.29) is 29.8 Å². The number of H-pyrrole nitrogens is 1. The van der Waals surface area contributed by atoms with E-state index >= 15 is 0 Å². The number of amides is 2. The molecule has 3 heterocycles. The van der Waals surface area contributed by atoms with Gasteiger partial charge in [0.1, 0.15) is 11.6 Å². The fourth-order valence-electron chi connectivity index (χ4n) is 4.42. The lowest BCUT2D eigenvalue weighted by Gasteiger charge is -2.36. The van der Waals surface area contributed by atoms with Crippen LogP contribution in [-0.2, 0) is 29.0 Å². The second-order valence-corrected chi connectivity index (χ2v) is 8.19. The third kappa shape index (κ3) is 4.47. The Kier molecular flexibility index (Phi) is 6.06. The van der Waals surface area contributed by atoms with Crippen molar-refractivity contribution in [3.8, 4) is 5.75 Å². The molecule has 0 bridgehead atoms. The number of fused-ring (bicyclic) bond motifs is 1. The standard InChI is InChI=1S/C23H28N4O4/c1-15(28)26-12-10-18-19(14-26)24-22(25-23(18)30)20-5-3-4-11-27(20)21(29)13-16-6-8-17(31-2)9-7-16/h6-9,20H,3-5,10-14H2,1-2H3,(H,24,25,30). The molecule has 4 rings (SSSR count). The lowest BCUT2D eigenvalue weighted by Crippen LogP contribution is -2.42. The Morgan fingerprint density at radius 3 is 2.68 bits per heavy atom. The van der Waals surface area contributed by atoms with Crippen molar-refractivity contribution in [3.63, 3.8) is 0 Å². The molecule has 1 aromatic carbocycles. The van der Waals surface area contributed by atoms with Crippen LogP contribution in [0.3, 0.4) is 0 Å². The van der Waals surface area contributed by atoms with E-state index in [2.05, 4.69) is 4.98 Å². The molecular formula is C23H28N4O4. The summed E-state index contributed by atoms with van der Waals surface area (Å²) in [6.45, 7) is 3.04. The van der Waals surface area contributed by atoms with Crippen molar-refractivity contribution >= 4 is 11.8 Å². The monoisotopic (exact) mass is 424 g/mol. The van der Waals surface area contributed by atoms with E-state index in [1.807, 2.05) is 29.2 Å². The molecule has 2 aliphatic heterocycles. The number of methoxy groups -OCH3 is 1. The maximum absolute atomic E-state index is 13.1. The van der Waals surface area contributed by atoms with Crippen molar-refractivity contribution in [2.45, 2.75) is 51.6 Å². The molecule has 8 heteroatoms. The smallest absolute Gasteiger partial charge is 0.254 e. The molecule has 0 aliphatic carbocycles. The van der Waals surface area contributed by atoms with Gasteiger partial charge in [0.05, 0.1) is 31.8 Å². The van der Waals surface area contributed by atoms with Crippen LogP contribution in [0.4, 0.5) is 0 Å². The van der Waals surface area contributed by atoms with E-state index in [1.165, 1.54) is 6.92 Å². The topological polar surface area (TPSA) is 95.6 Å². The summed E-state index contributed by atoms with van der Waals surface area (Å²) in [6, 6.07) is 7.22. The number of benzene rings is 1. The molecule has 164 valence electrons. The highest BCUT2D eigenvalue weighted by molar-refractivity contribution is 5.79. The van der Waals surface area contributed by atoms with Gasteiger partial charge in [0.25, 0.3) is 5.56 Å². The molecule has 2 amide bonds. The van der Waals surface area contributed by atoms with Crippen molar-refractivity contribution in [1.29, 1.82) is 0 Å². The van der Waals surface area contributed by atoms with Crippen LogP contribution in [-0.4, -0.2) is 51.8 Å². The van der Waals surface area contributed by atoms with E-state index in [0.29, 0.717) is 43.1 Å². The maximum Gasteiger partial charge on any atom is 0.254 e. The molecule has 8 nitrogen and oxygen atoms in total. The Morgan fingerprint density at radius 2 is 1.97 bits per heavy atom. The van der Waals surface area contributed by atoms with E-state index in [9.17, 15) is 14.4 Å². The van der Waals surface area contributed by atoms with Crippen molar-refractivity contribution in [2.75, 3.05) is 20.2 Å². The molecule has 1 aromatic heterocycles. The number of rotatable bonds is 4. The number of hydrogen-bond acceptors (Lipinski definition) is 5. The summed E-state index contributed by atoms with van der Waals surface area (Å²) in [5.74, 6) is 1.27. The first-order valence-corrected chi connectivity index (χ1v) is 10.8. The van der Waals surface area contributed by atoms with Crippen LogP contribution in [0.25, 0.3) is 0 Å². The molecule has 0 radical (unpaired) electrons. The first-order chi connectivity index (χ1) is 15.0. The van der Waals surface area contributed by atoms with Gasteiger partial charge in [-0.15, -0.1) is 0 Å². The fraction of sp³-hybridized carbons (Fsp3) is 0.478. The van der Waals surface area contributed by atoms with Gasteiger partial charge in [0, 0.05) is 25.6 Å². The van der Waals surface area contributed by atoms with Crippen LogP contribution in [0.15, 0.2) is 29.1 Å². The summed E-state index contributed by atoms with van der Waals surface area (Å²) in [7, 11) is 1.61. The lowest BCUT2D eigenvalue weighted by atomic mass is 9.99. The number of likely N-dealkylation sites (tertiary alicyclic amines) is 1. The van der Waals surface area contributed by atoms with Gasteiger partial charge in [-0.25, -0.2) is 4.98 Å². The van der Waals surface area contributed by atoms with E-state index < -0.39 is 0 Å². The number of aromatic nitrogens is 2. The highest BCUT2D eigenvalue weighted by Gasteiger charge is 2.31. The summed E-state index contributed by atoms with van der Waals surface area (Å²) < 4.78 is 5.18. The number of nitrogens with zero attached hydrogens (tertiary/aromatic N) is 3. The predicted molar refractivity (Wildman–Crippen MR) is 115 cm³/mol. The number of nitrogens with one attached hydrogen (secondary N) is 1. The Morgan fingerprint density at radius 1 is 1.19 bits per heavy atom. The first kappa shape index (κ1) is 21.1. The Labute approximate surface area is 181 Å². The first-order valence-electron chi connectivity index (χ1n) is 10.8. The van der Waals surface area contributed by atoms with Crippen molar-refractivity contribution in [3.05, 3.63) is 57.3 Å². The molecule has 0 spiro atoms. The van der Waals surface area contributed by atoms with Crippen LogP contribution in [0.2, 0.25) is 0 Å². The molecule has 1 atom stereocenters. The molecule has 1 saturated heterocycles. The summed E-state index contributed by atoms with van der Waals surface area (Å²) in [6.07, 6.45) is 3.44. The average Bonchev–Trinajstić information content (AvgIpc) is 2.79. The van der Waals surface area contributed by atoms with Crippen LogP contribution >= 0.6 is 0 Å². The van der Waals surface area contributed by atoms with Crippen molar-refractivity contribution < 1.29 is 14.3 Å². The summed E-state index contributed by atoms with van der Waals surface area (Å²) in [4.78, 5) is 48.9. The van der Waals surface area contributed by atoms with Crippen LogP contribution in [0.1, 0.15) is 54.9 Å². The zero-order valence-electron chi connectivity index (χ0n) is 18.0. The largest absolute Gasteiger partial charge is 0.497 e. The highest BCUT2D eigenvalue weighted by Crippen LogP contribution is 2.30. The quantitative estimate of drug-likeness (QED) is 0.810. The Hall–Kier alpha value is -3.16. The molecule has 1 fully saturated rings. The number of ether oxygens (including phenoxy) is 1. The third-order valence-corrected chi connectivity index (χ3v) is 6.19. The number of carbonyl (C=O) groups is 2. The van der Waals surface area contributed by atoms with E-state index in [1.54, 1.807) is 12.0 Å². The van der Waals surface area contributed by atoms with Gasteiger partial charge in [-0.3, -0.25) is 14.4 Å². The van der Waals surface area contributed by atoms with Crippen molar-refractivity contribution in [2.24, 2.45) is 0 Å². The predicted octanol–water partition coefficient (Wildman–Crippen LogP) is 1.98. The van der Waals surface area contributed by atoms with E-state index in [0.717, 1.165) is 30.6 Å². The molecule has 1 unspecified atom stereocenters. The average molecular weight is 425 g/mol. The Bertz CT molecular complexity index is 1030. The molecule has 31 heavy (non-hydrogen) atoms. The normalized spacial score (nSPS) is 18.5. The number of carbonyl (C=O) groups excluding carboxylic acids is 2. The zero-order chi connectivity index (χ0) is 22.0. The summed E-state index contributed by atoms with van der Waals surface area (Å²) in [5.41, 5.74) is 2.05. The van der Waals surface area contributed by atoms with Crippen molar-refractivity contribution in [1.82, 2.24) is 19.8 Å². The van der Waals surface area contributed by atoms with Crippen LogP contribution < -0.4 is 10.3 Å². The van der Waals surface area contributed by atoms with Gasteiger partial charge in [0.2, 0.25) is 11.8 Å². The van der Waals surface area contributed by atoms with Gasteiger partial charge < -0.3 is 19.5 Å².